The Morgan fingerprint density at radius 2 is 1.70 bits per heavy atom. The van der Waals surface area contributed by atoms with E-state index in [9.17, 15) is 0 Å². The van der Waals surface area contributed by atoms with Crippen LogP contribution in [0.5, 0.6) is 11.5 Å². The van der Waals surface area contributed by atoms with Gasteiger partial charge in [0, 0.05) is 48.6 Å². The molecular formula is C25H24N6O2. The summed E-state index contributed by atoms with van der Waals surface area (Å²) in [5.74, 6) is 1.78. The molecule has 3 heterocycles. The summed E-state index contributed by atoms with van der Waals surface area (Å²) in [6, 6.07) is 19.3. The summed E-state index contributed by atoms with van der Waals surface area (Å²) in [5, 5.41) is 3.28. The Hall–Kier alpha value is -4.17. The van der Waals surface area contributed by atoms with Gasteiger partial charge in [-0.1, -0.05) is 0 Å². The molecule has 4 aromatic rings. The number of nitrogen functional groups attached to an aromatic ring is 1. The molecule has 1 aliphatic rings. The van der Waals surface area contributed by atoms with Crippen LogP contribution in [0, 0.1) is 0 Å². The van der Waals surface area contributed by atoms with Gasteiger partial charge in [0.05, 0.1) is 24.6 Å². The van der Waals surface area contributed by atoms with Gasteiger partial charge in [-0.3, -0.25) is 4.98 Å². The molecule has 0 unspecified atom stereocenters. The first-order valence-corrected chi connectivity index (χ1v) is 10.8. The molecule has 2 aromatic heterocycles. The van der Waals surface area contributed by atoms with Gasteiger partial charge in [0.1, 0.15) is 11.5 Å². The van der Waals surface area contributed by atoms with Crippen molar-refractivity contribution in [1.82, 2.24) is 15.0 Å². The molecule has 8 nitrogen and oxygen atoms in total. The third kappa shape index (κ3) is 5.02. The Morgan fingerprint density at radius 1 is 0.909 bits per heavy atom. The normalized spacial score (nSPS) is 13.5. The molecule has 1 aliphatic heterocycles. The number of nitrogens with zero attached hydrogens (tertiary/aromatic N) is 4. The van der Waals surface area contributed by atoms with E-state index in [-0.39, 0.29) is 0 Å². The average Bonchev–Trinajstić information content (AvgIpc) is 2.87. The molecule has 0 radical (unpaired) electrons. The van der Waals surface area contributed by atoms with E-state index in [4.69, 9.17) is 15.2 Å². The fraction of sp³-hybridized carbons (Fsp3) is 0.160. The summed E-state index contributed by atoms with van der Waals surface area (Å²) in [6.45, 7) is 3.35. The molecule has 166 valence electrons. The lowest BCUT2D eigenvalue weighted by molar-refractivity contribution is 0.122. The number of hydrogen-bond acceptors (Lipinski definition) is 8. The average molecular weight is 441 g/mol. The fourth-order valence-corrected chi connectivity index (χ4v) is 3.62. The number of rotatable bonds is 6. The predicted octanol–water partition coefficient (Wildman–Crippen LogP) is 4.49. The molecule has 0 atom stereocenters. The molecule has 0 amide bonds. The Kier molecular flexibility index (Phi) is 5.99. The van der Waals surface area contributed by atoms with Gasteiger partial charge in [0.25, 0.3) is 0 Å². The van der Waals surface area contributed by atoms with Crippen LogP contribution in [0.3, 0.4) is 0 Å². The number of ether oxygens (including phenoxy) is 2. The quantitative estimate of drug-likeness (QED) is 0.423. The maximum Gasteiger partial charge on any atom is 0.227 e. The maximum absolute atomic E-state index is 6.23. The first-order chi connectivity index (χ1) is 16.2. The highest BCUT2D eigenvalue weighted by atomic mass is 16.5. The smallest absolute Gasteiger partial charge is 0.227 e. The van der Waals surface area contributed by atoms with Crippen molar-refractivity contribution in [2.75, 3.05) is 42.3 Å². The van der Waals surface area contributed by atoms with Crippen LogP contribution < -0.4 is 20.7 Å². The lowest BCUT2D eigenvalue weighted by Crippen LogP contribution is -2.36. The van der Waals surface area contributed by atoms with E-state index >= 15 is 0 Å². The Labute approximate surface area is 192 Å². The van der Waals surface area contributed by atoms with Crippen LogP contribution in [0.1, 0.15) is 0 Å². The number of nitrogens with two attached hydrogens (primary N) is 1. The van der Waals surface area contributed by atoms with E-state index in [1.165, 1.54) is 5.69 Å². The van der Waals surface area contributed by atoms with Crippen LogP contribution in [0.4, 0.5) is 23.0 Å². The van der Waals surface area contributed by atoms with Crippen LogP contribution in [0.25, 0.3) is 11.3 Å². The molecule has 3 N–H and O–H groups in total. The molecule has 5 rings (SSSR count). The summed E-state index contributed by atoms with van der Waals surface area (Å²) in [4.78, 5) is 15.3. The van der Waals surface area contributed by atoms with Gasteiger partial charge in [0.2, 0.25) is 5.95 Å². The molecular weight excluding hydrogens is 416 g/mol. The number of aromatic nitrogens is 3. The molecule has 0 aliphatic carbocycles. The number of hydrogen-bond donors (Lipinski definition) is 2. The van der Waals surface area contributed by atoms with Crippen molar-refractivity contribution >= 4 is 23.0 Å². The van der Waals surface area contributed by atoms with Gasteiger partial charge < -0.3 is 25.4 Å². The Morgan fingerprint density at radius 3 is 2.45 bits per heavy atom. The van der Waals surface area contributed by atoms with E-state index < -0.39 is 0 Å². The minimum Gasteiger partial charge on any atom is -0.455 e. The number of pyridine rings is 1. The summed E-state index contributed by atoms with van der Waals surface area (Å²) < 4.78 is 11.3. The molecule has 0 saturated carbocycles. The van der Waals surface area contributed by atoms with Gasteiger partial charge in [0.15, 0.2) is 0 Å². The number of morpholine rings is 1. The number of benzene rings is 2. The summed E-state index contributed by atoms with van der Waals surface area (Å²) >= 11 is 0. The highest BCUT2D eigenvalue weighted by Gasteiger charge is 2.11. The topological polar surface area (TPSA) is 98.4 Å². The minimum atomic E-state index is 0.516. The number of nitrogens with one attached hydrogen (secondary N) is 1. The first-order valence-electron chi connectivity index (χ1n) is 10.8. The van der Waals surface area contributed by atoms with E-state index in [0.717, 1.165) is 43.2 Å². The van der Waals surface area contributed by atoms with Crippen LogP contribution in [0.15, 0.2) is 79.3 Å². The third-order valence-electron chi connectivity index (χ3n) is 5.34. The highest BCUT2D eigenvalue weighted by Crippen LogP contribution is 2.31. The van der Waals surface area contributed by atoms with Crippen molar-refractivity contribution in [3.63, 3.8) is 0 Å². The van der Waals surface area contributed by atoms with E-state index in [1.54, 1.807) is 30.7 Å². The monoisotopic (exact) mass is 440 g/mol. The molecule has 2 aromatic carbocycles. The van der Waals surface area contributed by atoms with Crippen molar-refractivity contribution in [2.24, 2.45) is 0 Å². The van der Waals surface area contributed by atoms with Gasteiger partial charge in [-0.25, -0.2) is 9.97 Å². The molecule has 8 heteroatoms. The van der Waals surface area contributed by atoms with Crippen molar-refractivity contribution in [3.8, 4) is 22.8 Å². The van der Waals surface area contributed by atoms with Crippen LogP contribution in [-0.2, 0) is 4.74 Å². The lowest BCUT2D eigenvalue weighted by Gasteiger charge is -2.28. The second kappa shape index (κ2) is 9.54. The third-order valence-corrected chi connectivity index (χ3v) is 5.34. The molecule has 33 heavy (non-hydrogen) atoms. The second-order valence-electron chi connectivity index (χ2n) is 7.57. The van der Waals surface area contributed by atoms with Gasteiger partial charge in [-0.15, -0.1) is 0 Å². The van der Waals surface area contributed by atoms with Crippen molar-refractivity contribution < 1.29 is 9.47 Å². The van der Waals surface area contributed by atoms with Crippen molar-refractivity contribution in [2.45, 2.75) is 0 Å². The molecule has 0 bridgehead atoms. The summed E-state index contributed by atoms with van der Waals surface area (Å²) in [7, 11) is 0. The fourth-order valence-electron chi connectivity index (χ4n) is 3.62. The molecule has 0 spiro atoms. The highest BCUT2D eigenvalue weighted by molar-refractivity contribution is 5.69. The Bertz CT molecular complexity index is 1210. The largest absolute Gasteiger partial charge is 0.455 e. The van der Waals surface area contributed by atoms with Crippen molar-refractivity contribution in [3.05, 3.63) is 79.3 Å². The first kappa shape index (κ1) is 20.7. The Balaban J connectivity index is 1.29. The van der Waals surface area contributed by atoms with Gasteiger partial charge in [-0.05, 0) is 60.7 Å². The minimum absolute atomic E-state index is 0.516. The molecule has 1 saturated heterocycles. The van der Waals surface area contributed by atoms with Crippen LogP contribution in [-0.4, -0.2) is 41.3 Å². The summed E-state index contributed by atoms with van der Waals surface area (Å²) in [5.41, 5.74) is 10.5. The van der Waals surface area contributed by atoms with E-state index in [1.807, 2.05) is 36.4 Å². The van der Waals surface area contributed by atoms with E-state index in [0.29, 0.717) is 23.1 Å². The summed E-state index contributed by atoms with van der Waals surface area (Å²) in [6.07, 6.45) is 5.07. The standard InChI is InChI=1S/C25H24N6O2/c26-22-17-18(1-6-24(22)33-21-7-10-27-11-8-21)23-9-12-28-25(30-23)29-19-2-4-20(5-3-19)31-13-15-32-16-14-31/h1-12,17H,13-16,26H2,(H,28,29,30). The second-order valence-corrected chi connectivity index (χ2v) is 7.57. The zero-order valence-corrected chi connectivity index (χ0v) is 18.0. The van der Waals surface area contributed by atoms with Crippen LogP contribution >= 0.6 is 0 Å². The van der Waals surface area contributed by atoms with Gasteiger partial charge >= 0.3 is 0 Å². The lowest BCUT2D eigenvalue weighted by atomic mass is 10.1. The zero-order valence-electron chi connectivity index (χ0n) is 18.0. The SMILES string of the molecule is Nc1cc(-c2ccnc(Nc3ccc(N4CCOCC4)cc3)n2)ccc1Oc1ccncc1. The van der Waals surface area contributed by atoms with E-state index in [2.05, 4.69) is 37.3 Å². The predicted molar refractivity (Wildman–Crippen MR) is 129 cm³/mol. The number of anilines is 4. The van der Waals surface area contributed by atoms with Gasteiger partial charge in [-0.2, -0.15) is 0 Å². The van der Waals surface area contributed by atoms with Crippen molar-refractivity contribution in [1.29, 1.82) is 0 Å². The molecule has 1 fully saturated rings. The maximum atomic E-state index is 6.23. The van der Waals surface area contributed by atoms with Crippen LogP contribution in [0.2, 0.25) is 0 Å². The zero-order chi connectivity index (χ0) is 22.5.